The summed E-state index contributed by atoms with van der Waals surface area (Å²) in [5.41, 5.74) is 1.67. The Morgan fingerprint density at radius 3 is 2.75 bits per heavy atom. The van der Waals surface area contributed by atoms with Gasteiger partial charge in [-0.15, -0.1) is 0 Å². The third-order valence-corrected chi connectivity index (χ3v) is 5.51. The van der Waals surface area contributed by atoms with E-state index in [1.807, 2.05) is 0 Å². The second-order valence-electron chi connectivity index (χ2n) is 7.20. The first-order valence-corrected chi connectivity index (χ1v) is 8.13. The zero-order chi connectivity index (χ0) is 14.2. The molecule has 1 aromatic carbocycles. The van der Waals surface area contributed by atoms with Gasteiger partial charge in [-0.1, -0.05) is 30.3 Å². The van der Waals surface area contributed by atoms with Gasteiger partial charge in [0.2, 0.25) is 0 Å². The Labute approximate surface area is 123 Å². The number of nitrogens with zero attached hydrogens (tertiary/aromatic N) is 1. The highest BCUT2D eigenvalue weighted by molar-refractivity contribution is 5.19. The van der Waals surface area contributed by atoms with E-state index in [2.05, 4.69) is 61.3 Å². The highest BCUT2D eigenvalue weighted by atomic mass is 15.2. The monoisotopic (exact) mass is 272 g/mol. The Bertz CT molecular complexity index is 440. The molecule has 4 atom stereocenters. The first kappa shape index (κ1) is 14.1. The summed E-state index contributed by atoms with van der Waals surface area (Å²) in [6.45, 7) is 9.73. The van der Waals surface area contributed by atoms with E-state index in [-0.39, 0.29) is 5.54 Å². The Morgan fingerprint density at radius 1 is 1.25 bits per heavy atom. The van der Waals surface area contributed by atoms with Crippen LogP contribution in [0.3, 0.4) is 0 Å². The molecule has 1 aromatic rings. The molecular formula is C18H28N2. The SMILES string of the molecule is C[C@@H](N[C@@H]1CC2CCCN(C2)C1(C)C)c1ccccc1. The summed E-state index contributed by atoms with van der Waals surface area (Å²) in [5, 5.41) is 3.91. The molecule has 1 N–H and O–H groups in total. The number of nitrogens with one attached hydrogen (secondary N) is 1. The molecule has 2 aliphatic heterocycles. The van der Waals surface area contributed by atoms with E-state index in [9.17, 15) is 0 Å². The highest BCUT2D eigenvalue weighted by Gasteiger charge is 2.43. The molecule has 110 valence electrons. The maximum Gasteiger partial charge on any atom is 0.0306 e. The van der Waals surface area contributed by atoms with Crippen LogP contribution in [0.1, 0.15) is 51.6 Å². The predicted octanol–water partition coefficient (Wildman–Crippen LogP) is 3.60. The van der Waals surface area contributed by atoms with Gasteiger partial charge in [0.15, 0.2) is 0 Å². The first-order chi connectivity index (χ1) is 9.57. The number of hydrogen-bond acceptors (Lipinski definition) is 2. The van der Waals surface area contributed by atoms with Crippen molar-refractivity contribution >= 4 is 0 Å². The second-order valence-corrected chi connectivity index (χ2v) is 7.20. The summed E-state index contributed by atoms with van der Waals surface area (Å²) in [5.74, 6) is 0.900. The number of rotatable bonds is 3. The molecule has 2 nitrogen and oxygen atoms in total. The van der Waals surface area contributed by atoms with Crippen LogP contribution in [0, 0.1) is 5.92 Å². The molecule has 0 spiro atoms. The fraction of sp³-hybridized carbons (Fsp3) is 0.667. The molecule has 20 heavy (non-hydrogen) atoms. The average molecular weight is 272 g/mol. The van der Waals surface area contributed by atoms with Gasteiger partial charge < -0.3 is 5.32 Å². The molecule has 2 fully saturated rings. The minimum absolute atomic E-state index is 0.278. The van der Waals surface area contributed by atoms with Gasteiger partial charge in [0.25, 0.3) is 0 Å². The van der Waals surface area contributed by atoms with E-state index < -0.39 is 0 Å². The standard InChI is InChI=1S/C18H28N2/c1-14(16-9-5-4-6-10-16)19-17-12-15-8-7-11-20(13-15)18(17,2)3/h4-6,9-10,14-15,17,19H,7-8,11-13H2,1-3H3/t14-,15?,17-/m1/s1. The minimum atomic E-state index is 0.278. The number of fused-ring (bicyclic) bond motifs is 2. The first-order valence-electron chi connectivity index (χ1n) is 8.13. The van der Waals surface area contributed by atoms with Crippen molar-refractivity contribution < 1.29 is 0 Å². The van der Waals surface area contributed by atoms with Crippen molar-refractivity contribution in [1.82, 2.24) is 10.2 Å². The van der Waals surface area contributed by atoms with Crippen LogP contribution in [0.2, 0.25) is 0 Å². The average Bonchev–Trinajstić information content (AvgIpc) is 2.46. The summed E-state index contributed by atoms with van der Waals surface area (Å²) >= 11 is 0. The maximum absolute atomic E-state index is 3.91. The van der Waals surface area contributed by atoms with Crippen molar-refractivity contribution in [1.29, 1.82) is 0 Å². The van der Waals surface area contributed by atoms with E-state index in [0.29, 0.717) is 12.1 Å². The second kappa shape index (κ2) is 5.50. The third-order valence-electron chi connectivity index (χ3n) is 5.51. The molecule has 2 aliphatic rings. The molecule has 0 radical (unpaired) electrons. The Morgan fingerprint density at radius 2 is 2.00 bits per heavy atom. The number of piperidine rings is 2. The van der Waals surface area contributed by atoms with Crippen molar-refractivity contribution in [2.75, 3.05) is 13.1 Å². The zero-order valence-corrected chi connectivity index (χ0v) is 13.1. The minimum Gasteiger partial charge on any atom is -0.306 e. The van der Waals surface area contributed by atoms with Crippen LogP contribution in [0.25, 0.3) is 0 Å². The summed E-state index contributed by atoms with van der Waals surface area (Å²) in [6.07, 6.45) is 4.14. The van der Waals surface area contributed by atoms with Gasteiger partial charge in [-0.3, -0.25) is 4.90 Å². The zero-order valence-electron chi connectivity index (χ0n) is 13.1. The molecule has 0 amide bonds. The van der Waals surface area contributed by atoms with Gasteiger partial charge in [0, 0.05) is 24.2 Å². The van der Waals surface area contributed by atoms with Crippen LogP contribution in [0.5, 0.6) is 0 Å². The molecular weight excluding hydrogens is 244 g/mol. The lowest BCUT2D eigenvalue weighted by molar-refractivity contribution is -0.0168. The van der Waals surface area contributed by atoms with Crippen molar-refractivity contribution in [3.63, 3.8) is 0 Å². The lowest BCUT2D eigenvalue weighted by atomic mass is 9.75. The summed E-state index contributed by atoms with van der Waals surface area (Å²) in [7, 11) is 0. The van der Waals surface area contributed by atoms with Crippen LogP contribution < -0.4 is 5.32 Å². The van der Waals surface area contributed by atoms with Gasteiger partial charge in [0.05, 0.1) is 0 Å². The fourth-order valence-corrected chi connectivity index (χ4v) is 4.03. The number of hydrogen-bond donors (Lipinski definition) is 1. The van der Waals surface area contributed by atoms with E-state index in [1.54, 1.807) is 0 Å². The van der Waals surface area contributed by atoms with Gasteiger partial charge >= 0.3 is 0 Å². The van der Waals surface area contributed by atoms with Gasteiger partial charge in [-0.25, -0.2) is 0 Å². The molecule has 2 bridgehead atoms. The maximum atomic E-state index is 3.91. The normalized spacial score (nSPS) is 33.6. The number of benzene rings is 1. The van der Waals surface area contributed by atoms with Crippen LogP contribution in [0.4, 0.5) is 0 Å². The molecule has 2 heteroatoms. The molecule has 2 unspecified atom stereocenters. The van der Waals surface area contributed by atoms with Crippen molar-refractivity contribution in [3.8, 4) is 0 Å². The van der Waals surface area contributed by atoms with Gasteiger partial charge in [-0.2, -0.15) is 0 Å². The lowest BCUT2D eigenvalue weighted by Gasteiger charge is -2.54. The lowest BCUT2D eigenvalue weighted by Crippen LogP contribution is -2.64. The van der Waals surface area contributed by atoms with Crippen molar-refractivity contribution in [2.45, 2.75) is 57.7 Å². The van der Waals surface area contributed by atoms with Crippen LogP contribution >= 0.6 is 0 Å². The van der Waals surface area contributed by atoms with E-state index >= 15 is 0 Å². The highest BCUT2D eigenvalue weighted by Crippen LogP contribution is 2.37. The van der Waals surface area contributed by atoms with E-state index in [1.165, 1.54) is 37.9 Å². The van der Waals surface area contributed by atoms with Gasteiger partial charge in [-0.05, 0) is 58.1 Å². The van der Waals surface area contributed by atoms with E-state index in [4.69, 9.17) is 0 Å². The van der Waals surface area contributed by atoms with Gasteiger partial charge in [0.1, 0.15) is 0 Å². The predicted molar refractivity (Wildman–Crippen MR) is 84.8 cm³/mol. The fourth-order valence-electron chi connectivity index (χ4n) is 4.03. The Balaban J connectivity index is 1.73. The summed E-state index contributed by atoms with van der Waals surface area (Å²) < 4.78 is 0. The Hall–Kier alpha value is -0.860. The van der Waals surface area contributed by atoms with Crippen LogP contribution in [-0.4, -0.2) is 29.6 Å². The molecule has 3 rings (SSSR count). The molecule has 0 aromatic heterocycles. The quantitative estimate of drug-likeness (QED) is 0.904. The summed E-state index contributed by atoms with van der Waals surface area (Å²) in [4.78, 5) is 2.71. The largest absolute Gasteiger partial charge is 0.306 e. The van der Waals surface area contributed by atoms with Crippen LogP contribution in [-0.2, 0) is 0 Å². The topological polar surface area (TPSA) is 15.3 Å². The third kappa shape index (κ3) is 2.64. The summed E-state index contributed by atoms with van der Waals surface area (Å²) in [6, 6.07) is 11.9. The van der Waals surface area contributed by atoms with Crippen LogP contribution in [0.15, 0.2) is 30.3 Å². The molecule has 2 saturated heterocycles. The molecule has 0 saturated carbocycles. The molecule has 0 aliphatic carbocycles. The van der Waals surface area contributed by atoms with Crippen molar-refractivity contribution in [3.05, 3.63) is 35.9 Å². The van der Waals surface area contributed by atoms with Crippen molar-refractivity contribution in [2.24, 2.45) is 5.92 Å². The van der Waals surface area contributed by atoms with E-state index in [0.717, 1.165) is 5.92 Å². The molecule has 2 heterocycles. The smallest absolute Gasteiger partial charge is 0.0306 e. The Kier molecular flexibility index (Phi) is 3.87.